The summed E-state index contributed by atoms with van der Waals surface area (Å²) in [5.74, 6) is 0. The van der Waals surface area contributed by atoms with E-state index in [2.05, 4.69) is 24.4 Å². The molecule has 0 saturated heterocycles. The molecule has 0 bridgehead atoms. The maximum atomic E-state index is 8.66. The van der Waals surface area contributed by atoms with Gasteiger partial charge in [-0.25, -0.2) is 0 Å². The summed E-state index contributed by atoms with van der Waals surface area (Å²) in [7, 11) is 3.75. The van der Waals surface area contributed by atoms with Crippen LogP contribution in [0.1, 0.15) is 96.8 Å². The van der Waals surface area contributed by atoms with Gasteiger partial charge in [-0.1, -0.05) is 76.9 Å². The standard InChI is InChI=1S/C18H36O.C2H7N/c1-2-3-4-5-6-7-8-9-10-11-12-13-14-15-16-17-18-19;1-3-2/h9-10,19H,2-8,11-18H2,1H3;3H,1-2H3/b10-9-;. The number of unbranched alkanes of at least 4 members (excludes halogenated alkanes) is 12. The first-order valence-corrected chi connectivity index (χ1v) is 9.67. The highest BCUT2D eigenvalue weighted by molar-refractivity contribution is 4.81. The number of nitrogens with one attached hydrogen (secondary N) is 1. The van der Waals surface area contributed by atoms with Gasteiger partial charge in [-0.3, -0.25) is 0 Å². The fraction of sp³-hybridized carbons (Fsp3) is 0.900. The Kier molecular flexibility index (Phi) is 27.8. The van der Waals surface area contributed by atoms with Crippen LogP contribution < -0.4 is 5.32 Å². The molecule has 0 fully saturated rings. The van der Waals surface area contributed by atoms with Gasteiger partial charge < -0.3 is 10.4 Å². The van der Waals surface area contributed by atoms with Crippen LogP contribution in [-0.2, 0) is 0 Å². The average molecular weight is 314 g/mol. The molecule has 0 unspecified atom stereocenters. The molecule has 0 aliphatic carbocycles. The van der Waals surface area contributed by atoms with E-state index in [0.29, 0.717) is 6.61 Å². The topological polar surface area (TPSA) is 32.3 Å². The molecule has 134 valence electrons. The van der Waals surface area contributed by atoms with E-state index < -0.39 is 0 Å². The number of hydrogen-bond acceptors (Lipinski definition) is 2. The van der Waals surface area contributed by atoms with Crippen molar-refractivity contribution in [2.24, 2.45) is 0 Å². The summed E-state index contributed by atoms with van der Waals surface area (Å²) in [5.41, 5.74) is 0. The van der Waals surface area contributed by atoms with Crippen molar-refractivity contribution in [3.63, 3.8) is 0 Å². The zero-order valence-corrected chi connectivity index (χ0v) is 15.7. The molecule has 0 saturated carbocycles. The summed E-state index contributed by atoms with van der Waals surface area (Å²) in [6, 6.07) is 0. The smallest absolute Gasteiger partial charge is 0.0431 e. The normalized spacial score (nSPS) is 10.7. The predicted molar refractivity (Wildman–Crippen MR) is 102 cm³/mol. The molecular weight excluding hydrogens is 270 g/mol. The van der Waals surface area contributed by atoms with Crippen LogP contribution in [0.3, 0.4) is 0 Å². The van der Waals surface area contributed by atoms with E-state index in [0.717, 1.165) is 6.42 Å². The molecular formula is C20H43NO. The molecule has 0 radical (unpaired) electrons. The third kappa shape index (κ3) is 27.9. The maximum absolute atomic E-state index is 8.66. The highest BCUT2D eigenvalue weighted by Gasteiger charge is 1.90. The van der Waals surface area contributed by atoms with Crippen LogP contribution in [0.5, 0.6) is 0 Å². The van der Waals surface area contributed by atoms with Crippen molar-refractivity contribution >= 4 is 0 Å². The second-order valence-corrected chi connectivity index (χ2v) is 6.16. The van der Waals surface area contributed by atoms with Gasteiger partial charge in [0, 0.05) is 6.61 Å². The molecule has 2 nitrogen and oxygen atoms in total. The van der Waals surface area contributed by atoms with E-state index >= 15 is 0 Å². The van der Waals surface area contributed by atoms with Gasteiger partial charge in [0.05, 0.1) is 0 Å². The van der Waals surface area contributed by atoms with E-state index in [1.54, 1.807) is 0 Å². The van der Waals surface area contributed by atoms with Crippen molar-refractivity contribution < 1.29 is 5.11 Å². The van der Waals surface area contributed by atoms with Crippen LogP contribution in [0.25, 0.3) is 0 Å². The van der Waals surface area contributed by atoms with Gasteiger partial charge in [0.2, 0.25) is 0 Å². The molecule has 0 heterocycles. The Morgan fingerprint density at radius 2 is 1.00 bits per heavy atom. The minimum Gasteiger partial charge on any atom is -0.396 e. The monoisotopic (exact) mass is 313 g/mol. The summed E-state index contributed by atoms with van der Waals surface area (Å²) in [4.78, 5) is 0. The third-order valence-corrected chi connectivity index (χ3v) is 3.67. The average Bonchev–Trinajstić information content (AvgIpc) is 2.52. The Morgan fingerprint density at radius 1 is 0.636 bits per heavy atom. The van der Waals surface area contributed by atoms with E-state index in [-0.39, 0.29) is 0 Å². The van der Waals surface area contributed by atoms with Gasteiger partial charge in [0.15, 0.2) is 0 Å². The Bertz CT molecular complexity index is 192. The second-order valence-electron chi connectivity index (χ2n) is 6.16. The van der Waals surface area contributed by atoms with Crippen molar-refractivity contribution in [1.29, 1.82) is 0 Å². The molecule has 0 aliphatic rings. The van der Waals surface area contributed by atoms with Gasteiger partial charge in [-0.2, -0.15) is 0 Å². The zero-order chi connectivity index (χ0) is 16.7. The van der Waals surface area contributed by atoms with Crippen molar-refractivity contribution in [3.05, 3.63) is 12.2 Å². The van der Waals surface area contributed by atoms with Crippen LogP contribution in [0.15, 0.2) is 12.2 Å². The lowest BCUT2D eigenvalue weighted by Crippen LogP contribution is -1.89. The van der Waals surface area contributed by atoms with Gasteiger partial charge >= 0.3 is 0 Å². The first kappa shape index (κ1) is 23.9. The summed E-state index contributed by atoms with van der Waals surface area (Å²) in [6.45, 7) is 2.64. The quantitative estimate of drug-likeness (QED) is 0.293. The second kappa shape index (κ2) is 25.6. The SMILES string of the molecule is CCCCCCCC/C=C\CCCCCCCCO.CNC. The summed E-state index contributed by atoms with van der Waals surface area (Å²) >= 11 is 0. The van der Waals surface area contributed by atoms with E-state index in [1.165, 1.54) is 83.5 Å². The van der Waals surface area contributed by atoms with E-state index in [4.69, 9.17) is 5.11 Å². The van der Waals surface area contributed by atoms with Gasteiger partial charge in [0.1, 0.15) is 0 Å². The molecule has 0 atom stereocenters. The molecule has 2 N–H and O–H groups in total. The van der Waals surface area contributed by atoms with Crippen LogP contribution >= 0.6 is 0 Å². The Balaban J connectivity index is 0. The number of allylic oxidation sites excluding steroid dienone is 2. The summed E-state index contributed by atoms with van der Waals surface area (Å²) in [5, 5.41) is 11.4. The van der Waals surface area contributed by atoms with Crippen LogP contribution in [0.4, 0.5) is 0 Å². The summed E-state index contributed by atoms with van der Waals surface area (Å²) in [6.07, 6.45) is 23.2. The Hall–Kier alpha value is -0.340. The van der Waals surface area contributed by atoms with Gasteiger partial charge in [-0.15, -0.1) is 0 Å². The minimum absolute atomic E-state index is 0.362. The molecule has 0 aromatic rings. The highest BCUT2D eigenvalue weighted by Crippen LogP contribution is 2.09. The first-order chi connectivity index (χ1) is 10.8. The predicted octanol–water partition coefficient (Wildman–Crippen LogP) is 5.85. The first-order valence-electron chi connectivity index (χ1n) is 9.67. The lowest BCUT2D eigenvalue weighted by Gasteiger charge is -1.99. The van der Waals surface area contributed by atoms with Crippen molar-refractivity contribution in [3.8, 4) is 0 Å². The number of aliphatic hydroxyl groups is 1. The molecule has 0 aliphatic heterocycles. The van der Waals surface area contributed by atoms with Crippen molar-refractivity contribution in [2.45, 2.75) is 96.8 Å². The summed E-state index contributed by atoms with van der Waals surface area (Å²) < 4.78 is 0. The van der Waals surface area contributed by atoms with Gasteiger partial charge in [0.25, 0.3) is 0 Å². The largest absolute Gasteiger partial charge is 0.396 e. The third-order valence-electron chi connectivity index (χ3n) is 3.67. The lowest BCUT2D eigenvalue weighted by molar-refractivity contribution is 0.282. The van der Waals surface area contributed by atoms with Crippen molar-refractivity contribution in [2.75, 3.05) is 20.7 Å². The van der Waals surface area contributed by atoms with Crippen LogP contribution in [0.2, 0.25) is 0 Å². The Morgan fingerprint density at radius 3 is 1.41 bits per heavy atom. The minimum atomic E-state index is 0.362. The fourth-order valence-electron chi connectivity index (χ4n) is 2.36. The molecule has 0 spiro atoms. The van der Waals surface area contributed by atoms with Crippen molar-refractivity contribution in [1.82, 2.24) is 5.32 Å². The molecule has 22 heavy (non-hydrogen) atoms. The number of hydrogen-bond donors (Lipinski definition) is 2. The van der Waals surface area contributed by atoms with Crippen LogP contribution in [-0.4, -0.2) is 25.8 Å². The Labute approximate surface area is 140 Å². The molecule has 2 heteroatoms. The zero-order valence-electron chi connectivity index (χ0n) is 15.7. The fourth-order valence-corrected chi connectivity index (χ4v) is 2.36. The molecule has 0 rings (SSSR count). The van der Waals surface area contributed by atoms with E-state index in [9.17, 15) is 0 Å². The molecule has 0 aromatic heterocycles. The molecule has 0 aromatic carbocycles. The maximum Gasteiger partial charge on any atom is 0.0431 e. The van der Waals surface area contributed by atoms with Crippen LogP contribution in [0, 0.1) is 0 Å². The lowest BCUT2D eigenvalue weighted by atomic mass is 10.1. The van der Waals surface area contributed by atoms with Gasteiger partial charge in [-0.05, 0) is 46.2 Å². The molecule has 0 amide bonds. The van der Waals surface area contributed by atoms with E-state index in [1.807, 2.05) is 14.1 Å². The number of aliphatic hydroxyl groups excluding tert-OH is 1. The highest BCUT2D eigenvalue weighted by atomic mass is 16.2. The number of rotatable bonds is 15.